The van der Waals surface area contributed by atoms with E-state index in [1.165, 1.54) is 0 Å². The van der Waals surface area contributed by atoms with E-state index in [9.17, 15) is 0 Å². The molecular weight excluding hydrogens is 420 g/mol. The van der Waals surface area contributed by atoms with Gasteiger partial charge < -0.3 is 18.9 Å². The molecule has 0 saturated carbocycles. The summed E-state index contributed by atoms with van der Waals surface area (Å²) >= 11 is 0. The average molecular weight is 456 g/mol. The lowest BCUT2D eigenvalue weighted by Gasteiger charge is -2.26. The second-order valence-corrected chi connectivity index (χ2v) is 7.81. The summed E-state index contributed by atoms with van der Waals surface area (Å²) in [7, 11) is 6.63. The molecule has 33 heavy (non-hydrogen) atoms. The van der Waals surface area contributed by atoms with Crippen molar-refractivity contribution in [2.24, 2.45) is 0 Å². The molecule has 0 aliphatic heterocycles. The molecular formula is C25H35N4O4+. The number of hydrogen-bond acceptors (Lipinski definition) is 6. The van der Waals surface area contributed by atoms with Gasteiger partial charge in [0.15, 0.2) is 12.4 Å². The summed E-state index contributed by atoms with van der Waals surface area (Å²) in [5.74, 6) is 1.58. The summed E-state index contributed by atoms with van der Waals surface area (Å²) in [6, 6.07) is 20.0. The standard InChI is InChI=1S/C25H35N4O4/c1-18(30-3)23-27-28(17-20-13-9-7-10-14-20)24(19(2)31-4)29(23)26-22(25(32-5)33-6)21-15-11-8-12-16-21/h7-16,18-19,22,25-26H,17H2,1-6H3/q+1/t18?,19?,22-/m1/s1. The van der Waals surface area contributed by atoms with Gasteiger partial charge in [0.1, 0.15) is 18.7 Å². The van der Waals surface area contributed by atoms with Crippen molar-refractivity contribution >= 4 is 0 Å². The topological polar surface area (TPSA) is 70.7 Å². The predicted molar refractivity (Wildman–Crippen MR) is 125 cm³/mol. The predicted octanol–water partition coefficient (Wildman–Crippen LogP) is 3.54. The van der Waals surface area contributed by atoms with Crippen LogP contribution in [0.2, 0.25) is 0 Å². The van der Waals surface area contributed by atoms with Crippen molar-refractivity contribution in [3.05, 3.63) is 83.4 Å². The minimum atomic E-state index is -0.534. The fourth-order valence-corrected chi connectivity index (χ4v) is 3.78. The van der Waals surface area contributed by atoms with E-state index >= 15 is 0 Å². The van der Waals surface area contributed by atoms with Gasteiger partial charge in [-0.05, 0) is 30.1 Å². The molecule has 0 fully saturated rings. The number of hydrogen-bond donors (Lipinski definition) is 1. The quantitative estimate of drug-likeness (QED) is 0.333. The first-order valence-corrected chi connectivity index (χ1v) is 11.0. The Morgan fingerprint density at radius 1 is 0.818 bits per heavy atom. The molecule has 2 unspecified atom stereocenters. The van der Waals surface area contributed by atoms with E-state index in [4.69, 9.17) is 24.0 Å². The molecule has 3 rings (SSSR count). The molecule has 0 bridgehead atoms. The van der Waals surface area contributed by atoms with Crippen LogP contribution in [-0.2, 0) is 25.5 Å². The van der Waals surface area contributed by atoms with E-state index in [-0.39, 0.29) is 18.2 Å². The minimum Gasteiger partial charge on any atom is -0.371 e. The van der Waals surface area contributed by atoms with E-state index in [0.717, 1.165) is 22.8 Å². The Hall–Kier alpha value is -2.78. The first-order chi connectivity index (χ1) is 16.0. The Balaban J connectivity index is 2.14. The Morgan fingerprint density at radius 3 is 1.94 bits per heavy atom. The zero-order valence-corrected chi connectivity index (χ0v) is 20.3. The molecule has 3 aromatic rings. The Kier molecular flexibility index (Phi) is 8.96. The summed E-state index contributed by atoms with van der Waals surface area (Å²) in [5, 5.41) is 4.93. The molecule has 0 aliphatic rings. The molecule has 0 spiro atoms. The van der Waals surface area contributed by atoms with E-state index < -0.39 is 6.29 Å². The normalized spacial score (nSPS) is 14.3. The molecule has 0 aliphatic carbocycles. The molecule has 0 saturated heterocycles. The monoisotopic (exact) mass is 455 g/mol. The second-order valence-electron chi connectivity index (χ2n) is 7.81. The highest BCUT2D eigenvalue weighted by Gasteiger charge is 2.36. The third kappa shape index (κ3) is 5.78. The number of benzene rings is 2. The van der Waals surface area contributed by atoms with E-state index in [0.29, 0.717) is 6.54 Å². The lowest BCUT2D eigenvalue weighted by molar-refractivity contribution is -0.754. The van der Waals surface area contributed by atoms with Crippen molar-refractivity contribution in [2.45, 2.75) is 44.9 Å². The maximum absolute atomic E-state index is 5.76. The molecule has 1 heterocycles. The molecule has 3 atom stereocenters. The van der Waals surface area contributed by atoms with Gasteiger partial charge in [-0.3, -0.25) is 0 Å². The fraction of sp³-hybridized carbons (Fsp3) is 0.440. The molecule has 1 aromatic heterocycles. The highest BCUT2D eigenvalue weighted by Crippen LogP contribution is 2.25. The van der Waals surface area contributed by atoms with Crippen molar-refractivity contribution in [2.75, 3.05) is 33.9 Å². The first-order valence-electron chi connectivity index (χ1n) is 11.0. The first kappa shape index (κ1) is 24.9. The van der Waals surface area contributed by atoms with Gasteiger partial charge >= 0.3 is 5.82 Å². The number of aromatic nitrogens is 3. The maximum Gasteiger partial charge on any atom is 0.331 e. The van der Waals surface area contributed by atoms with Crippen LogP contribution in [0.1, 0.15) is 54.9 Å². The Labute approximate surface area is 196 Å². The lowest BCUT2D eigenvalue weighted by atomic mass is 10.1. The third-order valence-electron chi connectivity index (χ3n) is 5.72. The summed E-state index contributed by atoms with van der Waals surface area (Å²) in [5.41, 5.74) is 5.75. The zero-order chi connectivity index (χ0) is 23.8. The van der Waals surface area contributed by atoms with Crippen LogP contribution in [0.3, 0.4) is 0 Å². The highest BCUT2D eigenvalue weighted by atomic mass is 16.7. The van der Waals surface area contributed by atoms with Crippen molar-refractivity contribution in [3.63, 3.8) is 0 Å². The van der Waals surface area contributed by atoms with Gasteiger partial charge in [0.05, 0.1) is 0 Å². The highest BCUT2D eigenvalue weighted by molar-refractivity contribution is 5.23. The van der Waals surface area contributed by atoms with Crippen molar-refractivity contribution < 1.29 is 23.6 Å². The molecule has 178 valence electrons. The number of nitrogens with zero attached hydrogens (tertiary/aromatic N) is 3. The number of ether oxygens (including phenoxy) is 4. The number of rotatable bonds is 12. The largest absolute Gasteiger partial charge is 0.371 e. The average Bonchev–Trinajstić information content (AvgIpc) is 3.21. The van der Waals surface area contributed by atoms with Gasteiger partial charge in [-0.1, -0.05) is 60.7 Å². The summed E-state index contributed by atoms with van der Waals surface area (Å²) in [6.07, 6.45) is -1.04. The van der Waals surface area contributed by atoms with E-state index in [1.807, 2.05) is 71.7 Å². The van der Waals surface area contributed by atoms with Crippen molar-refractivity contribution in [3.8, 4) is 0 Å². The molecule has 0 amide bonds. The summed E-state index contributed by atoms with van der Waals surface area (Å²) in [4.78, 5) is 0. The van der Waals surface area contributed by atoms with Gasteiger partial charge in [0.25, 0.3) is 5.82 Å². The van der Waals surface area contributed by atoms with Crippen molar-refractivity contribution in [1.82, 2.24) is 9.77 Å². The van der Waals surface area contributed by atoms with Crippen molar-refractivity contribution in [1.29, 1.82) is 0 Å². The van der Waals surface area contributed by atoms with Crippen LogP contribution in [0, 0.1) is 0 Å². The third-order valence-corrected chi connectivity index (χ3v) is 5.72. The van der Waals surface area contributed by atoms with E-state index in [1.54, 1.807) is 28.4 Å². The minimum absolute atomic E-state index is 0.244. The maximum atomic E-state index is 5.76. The van der Waals surface area contributed by atoms with Crippen LogP contribution in [-0.4, -0.2) is 44.5 Å². The summed E-state index contributed by atoms with van der Waals surface area (Å²) < 4.78 is 26.6. The number of methoxy groups -OCH3 is 4. The molecule has 8 heteroatoms. The Morgan fingerprint density at radius 2 is 1.39 bits per heavy atom. The molecule has 2 aromatic carbocycles. The van der Waals surface area contributed by atoms with Crippen LogP contribution in [0.4, 0.5) is 0 Å². The van der Waals surface area contributed by atoms with Crippen LogP contribution >= 0.6 is 0 Å². The van der Waals surface area contributed by atoms with Gasteiger partial charge in [0, 0.05) is 28.4 Å². The molecule has 0 radical (unpaired) electrons. The van der Waals surface area contributed by atoms with Crippen LogP contribution < -0.4 is 10.1 Å². The van der Waals surface area contributed by atoms with Gasteiger partial charge in [-0.15, -0.1) is 9.36 Å². The Bertz CT molecular complexity index is 977. The second kappa shape index (κ2) is 11.9. The summed E-state index contributed by atoms with van der Waals surface area (Å²) in [6.45, 7) is 4.56. The zero-order valence-electron chi connectivity index (χ0n) is 20.3. The fourth-order valence-electron chi connectivity index (χ4n) is 3.78. The lowest BCUT2D eigenvalue weighted by Crippen LogP contribution is -2.44. The van der Waals surface area contributed by atoms with Crippen LogP contribution in [0.5, 0.6) is 0 Å². The van der Waals surface area contributed by atoms with Gasteiger partial charge in [-0.2, -0.15) is 0 Å². The van der Waals surface area contributed by atoms with Gasteiger partial charge in [0.2, 0.25) is 0 Å². The van der Waals surface area contributed by atoms with Gasteiger partial charge in [-0.25, -0.2) is 5.43 Å². The SMILES string of the molecule is COC(C)c1n[n+](Cc2ccccc2)c(C(C)OC)n1N[C@H](c1ccccc1)C(OC)OC. The molecule has 1 N–H and O–H groups in total. The van der Waals surface area contributed by atoms with Crippen LogP contribution in [0.15, 0.2) is 60.7 Å². The van der Waals surface area contributed by atoms with Crippen LogP contribution in [0.25, 0.3) is 0 Å². The smallest absolute Gasteiger partial charge is 0.331 e. The molecule has 8 nitrogen and oxygen atoms in total. The van der Waals surface area contributed by atoms with E-state index in [2.05, 4.69) is 17.6 Å². The number of nitrogens with one attached hydrogen (secondary N) is 1.